The number of ketones is 1. The van der Waals surface area contributed by atoms with Crippen LogP contribution in [0, 0.1) is 0 Å². The lowest BCUT2D eigenvalue weighted by atomic mass is 10.1. The molecule has 0 aliphatic heterocycles. The Morgan fingerprint density at radius 2 is 1.66 bits per heavy atom. The Balaban J connectivity index is 2.13. The van der Waals surface area contributed by atoms with Gasteiger partial charge >= 0.3 is 6.18 Å². The molecule has 0 aromatic heterocycles. The maximum atomic E-state index is 12.8. The Morgan fingerprint density at radius 1 is 1.07 bits per heavy atom. The fourth-order valence-corrected chi connectivity index (χ4v) is 4.28. The highest BCUT2D eigenvalue weighted by atomic mass is 35.5. The third kappa shape index (κ3) is 5.49. The Morgan fingerprint density at radius 3 is 2.17 bits per heavy atom. The van der Waals surface area contributed by atoms with Crippen molar-refractivity contribution in [2.24, 2.45) is 0 Å². The van der Waals surface area contributed by atoms with Crippen molar-refractivity contribution in [2.75, 3.05) is 25.0 Å². The van der Waals surface area contributed by atoms with Crippen molar-refractivity contribution in [3.8, 4) is 0 Å². The maximum Gasteiger partial charge on any atom is 0.416 e. The van der Waals surface area contributed by atoms with Crippen molar-refractivity contribution in [2.45, 2.75) is 24.9 Å². The zero-order chi connectivity index (χ0) is 21.8. The average molecular weight is 449 g/mol. The smallest absolute Gasteiger partial charge is 0.376 e. The van der Waals surface area contributed by atoms with E-state index in [-0.39, 0.29) is 27.7 Å². The van der Waals surface area contributed by atoms with Crippen molar-refractivity contribution in [1.82, 2.24) is 4.31 Å². The molecule has 158 valence electrons. The van der Waals surface area contributed by atoms with E-state index in [9.17, 15) is 26.4 Å². The number of carbonyl (C=O) groups excluding carboxylic acids is 1. The molecule has 0 amide bonds. The van der Waals surface area contributed by atoms with E-state index in [0.29, 0.717) is 13.1 Å². The molecule has 0 spiro atoms. The standard InChI is InChI=1S/C19H20ClF3N2O3S/c1-3-25(4-2)29(27,28)15-8-5-13(6-9-15)18(26)12-24-17-11-14(19(21,22)23)7-10-16(17)20/h5-11,24H,3-4,12H2,1-2H3. The molecule has 0 radical (unpaired) electrons. The van der Waals surface area contributed by atoms with Gasteiger partial charge in [-0.1, -0.05) is 25.4 Å². The number of halogens is 4. The van der Waals surface area contributed by atoms with E-state index in [1.165, 1.54) is 28.6 Å². The summed E-state index contributed by atoms with van der Waals surface area (Å²) in [7, 11) is -3.64. The predicted octanol–water partition coefficient (Wildman–Crippen LogP) is 4.68. The monoisotopic (exact) mass is 448 g/mol. The zero-order valence-corrected chi connectivity index (χ0v) is 17.3. The normalized spacial score (nSPS) is 12.2. The highest BCUT2D eigenvalue weighted by Crippen LogP contribution is 2.33. The minimum absolute atomic E-state index is 0.0180. The molecule has 2 rings (SSSR count). The predicted molar refractivity (Wildman–Crippen MR) is 106 cm³/mol. The van der Waals surface area contributed by atoms with Crippen LogP contribution in [-0.2, 0) is 16.2 Å². The van der Waals surface area contributed by atoms with Crippen LogP contribution in [0.4, 0.5) is 18.9 Å². The summed E-state index contributed by atoms with van der Waals surface area (Å²) in [5.41, 5.74) is -0.683. The molecule has 0 saturated carbocycles. The lowest BCUT2D eigenvalue weighted by molar-refractivity contribution is -0.137. The molecular weight excluding hydrogens is 429 g/mol. The van der Waals surface area contributed by atoms with Gasteiger partial charge in [0.15, 0.2) is 5.78 Å². The molecule has 2 aromatic rings. The molecule has 5 nitrogen and oxygen atoms in total. The number of benzene rings is 2. The van der Waals surface area contributed by atoms with E-state index in [0.717, 1.165) is 18.2 Å². The summed E-state index contributed by atoms with van der Waals surface area (Å²) in [6, 6.07) is 8.18. The fraction of sp³-hybridized carbons (Fsp3) is 0.316. The highest BCUT2D eigenvalue weighted by Gasteiger charge is 2.31. The number of carbonyl (C=O) groups is 1. The Bertz CT molecular complexity index is 973. The quantitative estimate of drug-likeness (QED) is 0.595. The second-order valence-electron chi connectivity index (χ2n) is 6.08. The number of nitrogens with zero attached hydrogens (tertiary/aromatic N) is 1. The Labute approximate surface area is 172 Å². The summed E-state index contributed by atoms with van der Waals surface area (Å²) >= 11 is 5.89. The second-order valence-corrected chi connectivity index (χ2v) is 8.43. The molecule has 1 N–H and O–H groups in total. The van der Waals surface area contributed by atoms with Crippen LogP contribution in [0.2, 0.25) is 5.02 Å². The van der Waals surface area contributed by atoms with Crippen molar-refractivity contribution < 1.29 is 26.4 Å². The van der Waals surface area contributed by atoms with Gasteiger partial charge in [0.05, 0.1) is 27.7 Å². The van der Waals surface area contributed by atoms with Gasteiger partial charge in [-0.3, -0.25) is 4.79 Å². The van der Waals surface area contributed by atoms with E-state index in [1.807, 2.05) is 0 Å². The summed E-state index contributed by atoms with van der Waals surface area (Å²) in [5.74, 6) is -0.426. The maximum absolute atomic E-state index is 12.8. The van der Waals surface area contributed by atoms with E-state index in [4.69, 9.17) is 11.6 Å². The zero-order valence-electron chi connectivity index (χ0n) is 15.8. The van der Waals surface area contributed by atoms with Gasteiger partial charge in [-0.2, -0.15) is 17.5 Å². The van der Waals surface area contributed by atoms with Crippen molar-refractivity contribution >= 4 is 33.1 Å². The van der Waals surface area contributed by atoms with Gasteiger partial charge < -0.3 is 5.32 Å². The van der Waals surface area contributed by atoms with Crippen molar-refractivity contribution in [1.29, 1.82) is 0 Å². The number of hydrogen-bond donors (Lipinski definition) is 1. The third-order valence-corrected chi connectivity index (χ3v) is 6.65. The summed E-state index contributed by atoms with van der Waals surface area (Å²) in [6.07, 6.45) is -4.53. The van der Waals surface area contributed by atoms with Gasteiger partial charge in [0, 0.05) is 18.7 Å². The highest BCUT2D eigenvalue weighted by molar-refractivity contribution is 7.89. The minimum Gasteiger partial charge on any atom is -0.376 e. The molecule has 0 heterocycles. The lowest BCUT2D eigenvalue weighted by Crippen LogP contribution is -2.30. The van der Waals surface area contributed by atoms with Crippen LogP contribution in [0.3, 0.4) is 0 Å². The average Bonchev–Trinajstić information content (AvgIpc) is 2.67. The van der Waals surface area contributed by atoms with E-state index in [1.54, 1.807) is 13.8 Å². The molecule has 0 fully saturated rings. The van der Waals surface area contributed by atoms with Crippen LogP contribution in [0.1, 0.15) is 29.8 Å². The SMILES string of the molecule is CCN(CC)S(=O)(=O)c1ccc(C(=O)CNc2cc(C(F)(F)F)ccc2Cl)cc1. The molecule has 29 heavy (non-hydrogen) atoms. The van der Waals surface area contributed by atoms with Gasteiger partial charge in [0.2, 0.25) is 10.0 Å². The lowest BCUT2D eigenvalue weighted by Gasteiger charge is -2.18. The fourth-order valence-electron chi connectivity index (χ4n) is 2.64. The van der Waals surface area contributed by atoms with Gasteiger partial charge in [-0.15, -0.1) is 0 Å². The van der Waals surface area contributed by atoms with Gasteiger partial charge in [0.1, 0.15) is 0 Å². The van der Waals surface area contributed by atoms with Crippen LogP contribution in [0.5, 0.6) is 0 Å². The molecule has 2 aromatic carbocycles. The van der Waals surface area contributed by atoms with Crippen molar-refractivity contribution in [3.05, 3.63) is 58.6 Å². The van der Waals surface area contributed by atoms with Crippen LogP contribution < -0.4 is 5.32 Å². The Hall–Kier alpha value is -2.10. The van der Waals surface area contributed by atoms with Crippen LogP contribution >= 0.6 is 11.6 Å². The van der Waals surface area contributed by atoms with Crippen LogP contribution in [0.25, 0.3) is 0 Å². The first kappa shape index (κ1) is 23.2. The van der Waals surface area contributed by atoms with Gasteiger partial charge in [-0.05, 0) is 42.5 Å². The minimum atomic E-state index is -4.53. The van der Waals surface area contributed by atoms with Crippen LogP contribution in [-0.4, -0.2) is 38.1 Å². The summed E-state index contributed by atoms with van der Waals surface area (Å²) in [5, 5.41) is 2.64. The topological polar surface area (TPSA) is 66.5 Å². The molecule has 0 saturated heterocycles. The first-order chi connectivity index (χ1) is 13.5. The van der Waals surface area contributed by atoms with E-state index in [2.05, 4.69) is 5.32 Å². The number of alkyl halides is 3. The number of Topliss-reactive ketones (excluding diaryl/α,β-unsaturated/α-hetero) is 1. The van der Waals surface area contributed by atoms with Gasteiger partial charge in [0.25, 0.3) is 0 Å². The second kappa shape index (κ2) is 9.15. The molecule has 0 unspecified atom stereocenters. The first-order valence-electron chi connectivity index (χ1n) is 8.74. The van der Waals surface area contributed by atoms with Gasteiger partial charge in [-0.25, -0.2) is 8.42 Å². The summed E-state index contributed by atoms with van der Waals surface area (Å²) in [4.78, 5) is 12.4. The van der Waals surface area contributed by atoms with E-state index < -0.39 is 27.5 Å². The molecule has 0 aliphatic carbocycles. The summed E-state index contributed by atoms with van der Waals surface area (Å²) in [6.45, 7) is 3.79. The molecule has 0 bridgehead atoms. The summed E-state index contributed by atoms with van der Waals surface area (Å²) < 4.78 is 64.7. The number of hydrogen-bond acceptors (Lipinski definition) is 4. The largest absolute Gasteiger partial charge is 0.416 e. The molecule has 10 heteroatoms. The Kier molecular flexibility index (Phi) is 7.31. The molecule has 0 aliphatic rings. The van der Waals surface area contributed by atoms with Crippen LogP contribution in [0.15, 0.2) is 47.4 Å². The molecule has 0 atom stereocenters. The van der Waals surface area contributed by atoms with Crippen molar-refractivity contribution in [3.63, 3.8) is 0 Å². The number of rotatable bonds is 8. The van der Waals surface area contributed by atoms with E-state index >= 15 is 0 Å². The number of sulfonamides is 1. The number of anilines is 1. The molecular formula is C19H20ClF3N2O3S. The first-order valence-corrected chi connectivity index (χ1v) is 10.6. The number of nitrogens with one attached hydrogen (secondary N) is 1. The third-order valence-electron chi connectivity index (χ3n) is 4.25.